The number of hydrogen-bond donors (Lipinski definition) is 2. The lowest BCUT2D eigenvalue weighted by molar-refractivity contribution is -0.142. The molecule has 0 radical (unpaired) electrons. The minimum atomic E-state index is -1.05. The van der Waals surface area contributed by atoms with Crippen LogP contribution in [0.5, 0.6) is 0 Å². The molecule has 5 heteroatoms. The zero-order valence-corrected chi connectivity index (χ0v) is 11.4. The number of carbonyl (C=O) groups excluding carboxylic acids is 1. The third kappa shape index (κ3) is 4.71. The Morgan fingerprint density at radius 1 is 1.32 bits per heavy atom. The van der Waals surface area contributed by atoms with Crippen molar-refractivity contribution in [2.45, 2.75) is 26.3 Å². The van der Waals surface area contributed by atoms with E-state index in [-0.39, 0.29) is 13.0 Å². The number of methoxy groups -OCH3 is 1. The fraction of sp³-hybridized carbons (Fsp3) is 0.429. The second kappa shape index (κ2) is 6.89. The van der Waals surface area contributed by atoms with Crippen LogP contribution in [0.1, 0.15) is 16.7 Å². The molecule has 0 aliphatic carbocycles. The molecular formula is C14H19NO4. The minimum Gasteiger partial charge on any atom is -0.480 e. The quantitative estimate of drug-likeness (QED) is 0.806. The Labute approximate surface area is 112 Å². The van der Waals surface area contributed by atoms with Gasteiger partial charge >= 0.3 is 5.97 Å². The smallest absolute Gasteiger partial charge is 0.326 e. The van der Waals surface area contributed by atoms with Crippen LogP contribution in [0.25, 0.3) is 0 Å². The van der Waals surface area contributed by atoms with Gasteiger partial charge in [0.15, 0.2) is 0 Å². The molecule has 0 aromatic heterocycles. The number of nitrogens with one attached hydrogen (secondary N) is 1. The normalized spacial score (nSPS) is 11.9. The number of hydrogen-bond acceptors (Lipinski definition) is 3. The van der Waals surface area contributed by atoms with Crippen molar-refractivity contribution in [3.8, 4) is 0 Å². The summed E-state index contributed by atoms with van der Waals surface area (Å²) < 4.78 is 4.66. The van der Waals surface area contributed by atoms with Crippen LogP contribution in [0.3, 0.4) is 0 Å². The van der Waals surface area contributed by atoms with Crippen LogP contribution in [0.4, 0.5) is 0 Å². The Morgan fingerprint density at radius 2 is 2.00 bits per heavy atom. The maximum atomic E-state index is 11.4. The highest BCUT2D eigenvalue weighted by Crippen LogP contribution is 2.11. The minimum absolute atomic E-state index is 0.142. The van der Waals surface area contributed by atoms with Crippen LogP contribution in [0.15, 0.2) is 18.2 Å². The van der Waals surface area contributed by atoms with Gasteiger partial charge in [-0.05, 0) is 30.5 Å². The number of benzene rings is 1. The first kappa shape index (κ1) is 15.2. The van der Waals surface area contributed by atoms with Gasteiger partial charge in [0.25, 0.3) is 0 Å². The third-order valence-electron chi connectivity index (χ3n) is 2.92. The van der Waals surface area contributed by atoms with Crippen LogP contribution in [0, 0.1) is 13.8 Å². The van der Waals surface area contributed by atoms with Gasteiger partial charge in [0.1, 0.15) is 12.6 Å². The lowest BCUT2D eigenvalue weighted by atomic mass is 10.0. The van der Waals surface area contributed by atoms with E-state index in [0.717, 1.165) is 16.7 Å². The molecule has 5 nitrogen and oxygen atoms in total. The molecule has 0 unspecified atom stereocenters. The lowest BCUT2D eigenvalue weighted by Crippen LogP contribution is -2.43. The maximum absolute atomic E-state index is 11.4. The summed E-state index contributed by atoms with van der Waals surface area (Å²) in [6, 6.07) is 4.82. The van der Waals surface area contributed by atoms with Crippen LogP contribution in [0.2, 0.25) is 0 Å². The Morgan fingerprint density at radius 3 is 2.53 bits per heavy atom. The first-order valence-corrected chi connectivity index (χ1v) is 6.01. The zero-order valence-electron chi connectivity index (χ0n) is 11.4. The molecule has 0 spiro atoms. The van der Waals surface area contributed by atoms with Crippen molar-refractivity contribution in [2.75, 3.05) is 13.7 Å². The number of carbonyl (C=O) groups is 2. The Hall–Kier alpha value is -1.88. The molecule has 0 fully saturated rings. The van der Waals surface area contributed by atoms with Gasteiger partial charge in [-0.3, -0.25) is 4.79 Å². The van der Waals surface area contributed by atoms with E-state index < -0.39 is 17.9 Å². The van der Waals surface area contributed by atoms with Crippen molar-refractivity contribution in [2.24, 2.45) is 0 Å². The van der Waals surface area contributed by atoms with Gasteiger partial charge in [-0.25, -0.2) is 4.79 Å². The summed E-state index contributed by atoms with van der Waals surface area (Å²) in [6.07, 6.45) is 0.256. The highest BCUT2D eigenvalue weighted by atomic mass is 16.5. The zero-order chi connectivity index (χ0) is 14.4. The van der Waals surface area contributed by atoms with Crippen LogP contribution in [-0.4, -0.2) is 36.7 Å². The van der Waals surface area contributed by atoms with Crippen LogP contribution in [-0.2, 0) is 20.7 Å². The highest BCUT2D eigenvalue weighted by Gasteiger charge is 2.20. The summed E-state index contributed by atoms with van der Waals surface area (Å²) >= 11 is 0. The van der Waals surface area contributed by atoms with Crippen molar-refractivity contribution >= 4 is 11.9 Å². The van der Waals surface area contributed by atoms with E-state index in [0.29, 0.717) is 0 Å². The van der Waals surface area contributed by atoms with E-state index in [2.05, 4.69) is 10.1 Å². The van der Waals surface area contributed by atoms with Gasteiger partial charge < -0.3 is 15.2 Å². The molecule has 1 aromatic rings. The molecule has 0 bridgehead atoms. The van der Waals surface area contributed by atoms with E-state index in [1.54, 1.807) is 0 Å². The maximum Gasteiger partial charge on any atom is 0.326 e. The number of aliphatic carboxylic acids is 1. The summed E-state index contributed by atoms with van der Waals surface area (Å²) in [6.45, 7) is 3.82. The van der Waals surface area contributed by atoms with E-state index in [4.69, 9.17) is 5.11 Å². The predicted molar refractivity (Wildman–Crippen MR) is 71.1 cm³/mol. The summed E-state index contributed by atoms with van der Waals surface area (Å²) in [5.74, 6) is -1.48. The molecule has 0 aliphatic heterocycles. The van der Waals surface area contributed by atoms with Gasteiger partial charge in [-0.2, -0.15) is 0 Å². The van der Waals surface area contributed by atoms with Gasteiger partial charge in [-0.15, -0.1) is 0 Å². The molecule has 1 amide bonds. The van der Waals surface area contributed by atoms with Crippen molar-refractivity contribution in [1.29, 1.82) is 0 Å². The fourth-order valence-corrected chi connectivity index (χ4v) is 1.73. The van der Waals surface area contributed by atoms with Crippen molar-refractivity contribution in [3.63, 3.8) is 0 Å². The van der Waals surface area contributed by atoms with E-state index in [1.807, 2.05) is 32.0 Å². The van der Waals surface area contributed by atoms with E-state index in [9.17, 15) is 9.59 Å². The van der Waals surface area contributed by atoms with Crippen molar-refractivity contribution < 1.29 is 19.4 Å². The van der Waals surface area contributed by atoms with Crippen LogP contribution >= 0.6 is 0 Å². The molecule has 0 saturated carbocycles. The molecule has 104 valence electrons. The average molecular weight is 265 g/mol. The highest BCUT2D eigenvalue weighted by molar-refractivity contribution is 5.84. The molecule has 0 heterocycles. The molecule has 0 aliphatic rings. The molecular weight excluding hydrogens is 246 g/mol. The Kier molecular flexibility index (Phi) is 5.51. The third-order valence-corrected chi connectivity index (χ3v) is 2.92. The number of amides is 1. The average Bonchev–Trinajstić information content (AvgIpc) is 2.33. The molecule has 1 rings (SSSR count). The summed E-state index contributed by atoms with van der Waals surface area (Å²) in [4.78, 5) is 22.5. The first-order chi connectivity index (χ1) is 8.93. The standard InChI is InChI=1S/C14H19NO4/c1-9-4-5-11(6-10(9)2)7-12(14(17)18)15-13(16)8-19-3/h4-6,12H,7-8H2,1-3H3,(H,15,16)(H,17,18)/t12-/m0/s1. The number of carboxylic acids is 1. The monoisotopic (exact) mass is 265 g/mol. The number of rotatable bonds is 6. The summed E-state index contributed by atoms with van der Waals surface area (Å²) in [5, 5.41) is 11.6. The molecule has 1 aromatic carbocycles. The molecule has 1 atom stereocenters. The first-order valence-electron chi connectivity index (χ1n) is 6.01. The van der Waals surface area contributed by atoms with Gasteiger partial charge in [0, 0.05) is 13.5 Å². The van der Waals surface area contributed by atoms with Crippen LogP contribution < -0.4 is 5.32 Å². The van der Waals surface area contributed by atoms with Gasteiger partial charge in [-0.1, -0.05) is 18.2 Å². The number of ether oxygens (including phenoxy) is 1. The summed E-state index contributed by atoms with van der Waals surface area (Å²) in [7, 11) is 1.39. The number of aryl methyl sites for hydroxylation is 2. The van der Waals surface area contributed by atoms with Gasteiger partial charge in [0.05, 0.1) is 0 Å². The number of carboxylic acid groups (broad SMARTS) is 1. The van der Waals surface area contributed by atoms with Crippen molar-refractivity contribution in [3.05, 3.63) is 34.9 Å². The van der Waals surface area contributed by atoms with Crippen molar-refractivity contribution in [1.82, 2.24) is 5.32 Å². The summed E-state index contributed by atoms with van der Waals surface area (Å²) in [5.41, 5.74) is 3.14. The van der Waals surface area contributed by atoms with E-state index in [1.165, 1.54) is 7.11 Å². The SMILES string of the molecule is COCC(=O)N[C@@H](Cc1ccc(C)c(C)c1)C(=O)O. The molecule has 0 saturated heterocycles. The fourth-order valence-electron chi connectivity index (χ4n) is 1.73. The topological polar surface area (TPSA) is 75.6 Å². The predicted octanol–water partition coefficient (Wildman–Crippen LogP) is 1.06. The molecule has 2 N–H and O–H groups in total. The lowest BCUT2D eigenvalue weighted by Gasteiger charge is -2.15. The second-order valence-electron chi connectivity index (χ2n) is 4.51. The van der Waals surface area contributed by atoms with E-state index >= 15 is 0 Å². The largest absolute Gasteiger partial charge is 0.480 e. The Balaban J connectivity index is 2.75. The Bertz CT molecular complexity index is 471. The molecule has 19 heavy (non-hydrogen) atoms. The second-order valence-corrected chi connectivity index (χ2v) is 4.51. The van der Waals surface area contributed by atoms with Gasteiger partial charge in [0.2, 0.25) is 5.91 Å².